The van der Waals surface area contributed by atoms with E-state index in [0.717, 1.165) is 59.9 Å². The monoisotopic (exact) mass is 1820 g/mol. The van der Waals surface area contributed by atoms with Crippen LogP contribution in [0.2, 0.25) is 75.5 Å². The molecule has 6 saturated carbocycles. The zero-order valence-electron chi connectivity index (χ0n) is 87.3. The maximum atomic E-state index is 14.6. The van der Waals surface area contributed by atoms with Crippen molar-refractivity contribution >= 4 is 56.8 Å². The lowest BCUT2D eigenvalue weighted by molar-refractivity contribution is -0.347. The number of rotatable bonds is 29. The lowest BCUT2D eigenvalue weighted by Gasteiger charge is -2.49. The lowest BCUT2D eigenvalue weighted by Crippen LogP contribution is -2.61. The molecule has 6 aliphatic rings. The highest BCUT2D eigenvalue weighted by Crippen LogP contribution is 2.66. The molecule has 0 saturated heterocycles. The van der Waals surface area contributed by atoms with Crippen LogP contribution in [0.5, 0.6) is 0 Å². The summed E-state index contributed by atoms with van der Waals surface area (Å²) >= 11 is 0. The van der Waals surface area contributed by atoms with Crippen LogP contribution in [0, 0.1) is 45.3 Å². The van der Waals surface area contributed by atoms with E-state index in [-0.39, 0.29) is 102 Å². The Morgan fingerprint density at radius 3 is 1.37 bits per heavy atom. The van der Waals surface area contributed by atoms with Gasteiger partial charge in [0.2, 0.25) is 0 Å². The molecule has 0 aromatic heterocycles. The average molecular weight is 1820 g/mol. The van der Waals surface area contributed by atoms with Crippen LogP contribution in [0.3, 0.4) is 0 Å². The number of carbonyl (C=O) groups excluding carboxylic acids is 1. The number of ketones is 1. The number of Topliss-reactive ketones (excluding diaryl/α,β-unsaturated/α-hetero) is 1. The average Bonchev–Trinajstić information content (AvgIpc) is 1.41. The molecule has 0 spiro atoms. The van der Waals surface area contributed by atoms with Gasteiger partial charge in [-0.3, -0.25) is 4.79 Å². The van der Waals surface area contributed by atoms with Crippen LogP contribution < -0.4 is 10.6 Å². The van der Waals surface area contributed by atoms with Gasteiger partial charge in [0.15, 0.2) is 33.3 Å². The molecular formula is C94H151F12O10PSi4. The summed E-state index contributed by atoms with van der Waals surface area (Å²) in [4.78, 5) is 12.9. The van der Waals surface area contributed by atoms with E-state index < -0.39 is 162 Å². The largest absolute Gasteiger partial charge is 0.429 e. The molecule has 0 amide bonds. The number of fused-ring (bicyclic) bond motifs is 2. The lowest BCUT2D eigenvalue weighted by atomic mass is 9.55. The molecule has 692 valence electrons. The van der Waals surface area contributed by atoms with Gasteiger partial charge < -0.3 is 42.7 Å². The Morgan fingerprint density at radius 1 is 0.521 bits per heavy atom. The Bertz CT molecular complexity index is 4230. The topological polar surface area (TPSA) is 152 Å². The first kappa shape index (κ1) is 88.4. The third kappa shape index (κ3) is 27.7. The summed E-state index contributed by atoms with van der Waals surface area (Å²) in [5.74, 6) is -0.844. The van der Waals surface area contributed by atoms with Crippen molar-refractivity contribution in [2.45, 2.75) is 398 Å². The van der Waals surface area contributed by atoms with E-state index in [1.807, 2.05) is 86.7 Å². The van der Waals surface area contributed by atoms with Crippen molar-refractivity contribution in [3.63, 3.8) is 0 Å². The summed E-state index contributed by atoms with van der Waals surface area (Å²) in [6, 6.07) is 20.0. The van der Waals surface area contributed by atoms with Crippen molar-refractivity contribution in [2.75, 3.05) is 6.16 Å². The highest BCUT2D eigenvalue weighted by molar-refractivity contribution is 7.78. The number of aliphatic hydroxyl groups is 4. The van der Waals surface area contributed by atoms with Gasteiger partial charge >= 0.3 is 24.7 Å². The van der Waals surface area contributed by atoms with Crippen molar-refractivity contribution in [3.8, 4) is 0 Å². The maximum Gasteiger partial charge on any atom is 0.429 e. The van der Waals surface area contributed by atoms with E-state index in [1.54, 1.807) is 33.5 Å². The van der Waals surface area contributed by atoms with E-state index in [9.17, 15) is 82.5 Å². The maximum absolute atomic E-state index is 14.6. The molecule has 0 radical (unpaired) electrons. The Labute approximate surface area is 739 Å². The molecule has 2 aromatic carbocycles. The summed E-state index contributed by atoms with van der Waals surface area (Å²) in [6.07, 6.45) is -8.79. The molecule has 4 N–H and O–H groups in total. The van der Waals surface area contributed by atoms with Gasteiger partial charge in [0.05, 0.1) is 35.6 Å². The number of alkyl halides is 12. The fraction of sp³-hybridized carbons (Fsp3) is 0.755. The van der Waals surface area contributed by atoms with Gasteiger partial charge in [-0.15, -0.1) is 0 Å². The molecule has 27 heteroatoms. The summed E-state index contributed by atoms with van der Waals surface area (Å²) in [5, 5.41) is 42.9. The minimum Gasteiger partial charge on any atom is -0.414 e. The van der Waals surface area contributed by atoms with Crippen LogP contribution in [0.1, 0.15) is 267 Å². The fourth-order valence-corrected chi connectivity index (χ4v) is 27.5. The number of aliphatic hydroxyl groups excluding tert-OH is 2. The Kier molecular flexibility index (Phi) is 28.9. The van der Waals surface area contributed by atoms with Gasteiger partial charge in [-0.2, -0.15) is 52.7 Å². The minimum absolute atomic E-state index is 0.00110. The molecule has 12 atom stereocenters. The predicted octanol–water partition coefficient (Wildman–Crippen LogP) is 26.8. The molecule has 121 heavy (non-hydrogen) atoms. The first-order chi connectivity index (χ1) is 59.7. The molecule has 6 fully saturated rings. The third-order valence-electron chi connectivity index (χ3n) is 27.7. The van der Waals surface area contributed by atoms with E-state index in [4.69, 9.17) is 34.2 Å². The van der Waals surface area contributed by atoms with E-state index >= 15 is 0 Å². The zero-order chi connectivity index (χ0) is 102. The Balaban J connectivity index is 0.000000309. The van der Waals surface area contributed by atoms with Crippen LogP contribution in [0.25, 0.3) is 0 Å². The molecule has 2 aromatic rings. The van der Waals surface area contributed by atoms with Crippen molar-refractivity contribution in [1.29, 1.82) is 0 Å². The summed E-state index contributed by atoms with van der Waals surface area (Å²) in [5.41, 5.74) is -15.1. The van der Waals surface area contributed by atoms with E-state index in [0.29, 0.717) is 82.9 Å². The Hall–Kier alpha value is -3.25. The highest BCUT2D eigenvalue weighted by atomic mass is 31.2. The van der Waals surface area contributed by atoms with E-state index in [1.165, 1.54) is 25.2 Å². The normalized spacial score (nSPS) is 28.5. The van der Waals surface area contributed by atoms with Gasteiger partial charge in [0, 0.05) is 45.6 Å². The predicted molar refractivity (Wildman–Crippen MR) is 477 cm³/mol. The van der Waals surface area contributed by atoms with Crippen LogP contribution in [-0.4, -0.2) is 137 Å². The number of halogens is 12. The molecule has 6 aliphatic carbocycles. The summed E-state index contributed by atoms with van der Waals surface area (Å²) in [7, 11) is -12.9. The first-order valence-corrected chi connectivity index (χ1v) is 57.8. The molecule has 0 aliphatic heterocycles. The van der Waals surface area contributed by atoms with Crippen LogP contribution >= 0.6 is 7.14 Å². The number of allylic oxidation sites excluding steroid dienone is 6. The standard InChI is InChI=1S/C32H48F6O4.C32H51O3PSi2.C30H52F6O3Si2/c1-27(2,41)13-6-14-28(3,15-7-17-30(42,31(33,34)35)32(36,37)38)26-12-11-25-22(8-5-16-29(25,26)4)10-9-21-18-23(39)20-24(40)19-21;1-31(2,3)37(7,8)34-27-23-26(24-28(25-27)35-38(9,10)32(4,5)6)21-22-36(33,29-17-13-11-14-18-29)30-19-15-12-16-20-30;1-25(2,38-40(5,6)7)17-12-18-26(3,24-16-15-22-23(37)14-11-20-27(22,24)4)19-13-21-28(29(31,32)33,30(34,35)36)39-41(8,9)10/h7,9-10,17,23-26,39-42H,5-6,8,11-16,18-20H2,1-4H3;11-21,27-28H,22-25H2,1-10H3;13,21-22,24H,11-12,14-20H2,1-10H3/b17-7-,22-10+;;21-13-/t23-,24-,25?,26-,28-,29+;27-,28-;22?,24-,26-,27+/m111/s1/i1D3,2D3;;1D3,2D3. The van der Waals surface area contributed by atoms with Gasteiger partial charge in [-0.05, 0) is 289 Å². The molecular weight excluding hydrogens is 1660 g/mol. The van der Waals surface area contributed by atoms with Crippen molar-refractivity contribution in [3.05, 3.63) is 120 Å². The SMILES string of the molecule is CC(C)(C)[Si](C)(C)O[C@@H]1CC(=CCP(=O)(c2ccccc2)c2ccccc2)C[C@@H](O[Si](C)(C)C(C)(C)C)C1.[2H]C([2H])([2H])C(CCC[C@](C)(C/C=C\C(O[Si](C)(C)C)(C(F)(F)F)C(F)(F)F)[C@H]1CCC2C(=O)CCC[C@@]21C)(O[Si](C)(C)C)C([2H])([2H])[2H].[2H]C([2H])([2H])C(O)(CCC[C@](C)(C/C=C\C(O)(C(F)(F)F)C(F)(F)F)[C@H]1CCC2/C(=C/C=C3C[C@@H](O)C[C@H](O)C3)CCC[C@@]21C)C([2H])([2H])[2H]. The fourth-order valence-electron chi connectivity index (χ4n) is 19.8. The second-order valence-corrected chi connectivity index (χ2v) is 63.3. The van der Waals surface area contributed by atoms with Crippen molar-refractivity contribution in [1.82, 2.24) is 0 Å². The molecule has 0 bridgehead atoms. The van der Waals surface area contributed by atoms with Crippen molar-refractivity contribution in [2.24, 2.45) is 45.3 Å². The quantitative estimate of drug-likeness (QED) is 0.0268. The smallest absolute Gasteiger partial charge is 0.414 e. The van der Waals surface area contributed by atoms with Crippen molar-refractivity contribution < 1.29 is 117 Å². The molecule has 0 heterocycles. The van der Waals surface area contributed by atoms with Gasteiger partial charge in [-0.25, -0.2) is 0 Å². The molecule has 2 unspecified atom stereocenters. The van der Waals surface area contributed by atoms with Crippen LogP contribution in [0.4, 0.5) is 52.7 Å². The first-order valence-electron chi connectivity index (χ1n) is 49.2. The third-order valence-corrected chi connectivity index (χ3v) is 41.6. The number of hydrogen-bond donors (Lipinski definition) is 4. The van der Waals surface area contributed by atoms with Gasteiger partial charge in [-0.1, -0.05) is 190 Å². The molecule has 10 nitrogen and oxygen atoms in total. The van der Waals surface area contributed by atoms with Gasteiger partial charge in [0.25, 0.3) is 11.2 Å². The van der Waals surface area contributed by atoms with E-state index in [2.05, 4.69) is 73.8 Å². The number of carbonyl (C=O) groups is 1. The summed E-state index contributed by atoms with van der Waals surface area (Å²) in [6.45, 7) is 26.6. The second-order valence-electron chi connectivity index (χ2n) is 42.0. The van der Waals surface area contributed by atoms with Crippen LogP contribution in [-0.2, 0) is 27.1 Å². The van der Waals surface area contributed by atoms with Crippen LogP contribution in [0.15, 0.2) is 120 Å². The molecule has 8 rings (SSSR count). The zero-order valence-corrected chi connectivity index (χ0v) is 80.2. The number of benzene rings is 2. The Morgan fingerprint density at radius 2 is 0.950 bits per heavy atom. The summed E-state index contributed by atoms with van der Waals surface area (Å²) < 4.78 is 301. The minimum atomic E-state index is -6.06. The highest BCUT2D eigenvalue weighted by Gasteiger charge is 2.72. The number of hydrogen-bond acceptors (Lipinski definition) is 10. The van der Waals surface area contributed by atoms with Gasteiger partial charge in [0.1, 0.15) is 12.9 Å². The second kappa shape index (κ2) is 39.6.